The number of benzene rings is 1. The van der Waals surface area contributed by atoms with Gasteiger partial charge in [0.1, 0.15) is 5.92 Å². The molecule has 4 atom stereocenters. The van der Waals surface area contributed by atoms with Crippen LogP contribution in [0.5, 0.6) is 0 Å². The third kappa shape index (κ3) is 3.43. The van der Waals surface area contributed by atoms with Crippen molar-refractivity contribution in [1.29, 1.82) is 0 Å². The fourth-order valence-electron chi connectivity index (χ4n) is 3.25. The van der Waals surface area contributed by atoms with Gasteiger partial charge in [0.25, 0.3) is 0 Å². The SMILES string of the molecule is CC1CC(C)C(C)N(C(=O)C(C(N)=S)c2ccccc2)C1. The van der Waals surface area contributed by atoms with E-state index in [4.69, 9.17) is 18.0 Å². The first-order chi connectivity index (χ1) is 9.91. The highest BCUT2D eigenvalue weighted by molar-refractivity contribution is 7.80. The fraction of sp³-hybridized carbons (Fsp3) is 0.529. The van der Waals surface area contributed by atoms with E-state index in [2.05, 4.69) is 20.8 Å². The fourth-order valence-corrected chi connectivity index (χ4v) is 3.48. The molecule has 0 saturated carbocycles. The Kier molecular flexibility index (Phi) is 4.99. The minimum Gasteiger partial charge on any atom is -0.392 e. The van der Waals surface area contributed by atoms with Crippen LogP contribution in [0.1, 0.15) is 38.7 Å². The summed E-state index contributed by atoms with van der Waals surface area (Å²) in [5, 5.41) is 0. The molecule has 4 heteroatoms. The number of thiocarbonyl (C=S) groups is 1. The van der Waals surface area contributed by atoms with Gasteiger partial charge in [-0.3, -0.25) is 4.79 Å². The highest BCUT2D eigenvalue weighted by Crippen LogP contribution is 2.30. The molecule has 0 aliphatic carbocycles. The molecule has 0 aromatic heterocycles. The van der Waals surface area contributed by atoms with Gasteiger partial charge in [0, 0.05) is 12.6 Å². The largest absolute Gasteiger partial charge is 0.392 e. The molecule has 1 amide bonds. The van der Waals surface area contributed by atoms with Gasteiger partial charge >= 0.3 is 0 Å². The summed E-state index contributed by atoms with van der Waals surface area (Å²) >= 11 is 5.17. The van der Waals surface area contributed by atoms with Crippen molar-refractivity contribution in [3.63, 3.8) is 0 Å². The van der Waals surface area contributed by atoms with Gasteiger partial charge in [-0.05, 0) is 30.7 Å². The van der Waals surface area contributed by atoms with E-state index in [-0.39, 0.29) is 16.9 Å². The first-order valence-corrected chi connectivity index (χ1v) is 7.97. The second-order valence-corrected chi connectivity index (χ2v) is 6.77. The Hall–Kier alpha value is -1.42. The van der Waals surface area contributed by atoms with Gasteiger partial charge in [0.15, 0.2) is 0 Å². The molecule has 1 fully saturated rings. The van der Waals surface area contributed by atoms with Crippen molar-refractivity contribution >= 4 is 23.1 Å². The van der Waals surface area contributed by atoms with E-state index in [1.165, 1.54) is 0 Å². The summed E-state index contributed by atoms with van der Waals surface area (Å²) in [6.45, 7) is 7.31. The van der Waals surface area contributed by atoms with Crippen LogP contribution in [0.15, 0.2) is 30.3 Å². The van der Waals surface area contributed by atoms with E-state index in [0.29, 0.717) is 11.8 Å². The van der Waals surface area contributed by atoms with Crippen molar-refractivity contribution < 1.29 is 4.79 Å². The lowest BCUT2D eigenvalue weighted by atomic mass is 9.84. The van der Waals surface area contributed by atoms with Gasteiger partial charge in [0.2, 0.25) is 5.91 Å². The van der Waals surface area contributed by atoms with Gasteiger partial charge in [0.05, 0.1) is 4.99 Å². The summed E-state index contributed by atoms with van der Waals surface area (Å²) < 4.78 is 0. The van der Waals surface area contributed by atoms with Crippen molar-refractivity contribution in [2.45, 2.75) is 39.2 Å². The molecule has 1 saturated heterocycles. The van der Waals surface area contributed by atoms with E-state index < -0.39 is 5.92 Å². The summed E-state index contributed by atoms with van der Waals surface area (Å²) in [6, 6.07) is 9.83. The number of likely N-dealkylation sites (tertiary alicyclic amines) is 1. The Morgan fingerprint density at radius 1 is 1.29 bits per heavy atom. The second kappa shape index (κ2) is 6.56. The van der Waals surface area contributed by atoms with Crippen LogP contribution in [0, 0.1) is 11.8 Å². The Balaban J connectivity index is 2.28. The third-order valence-corrected chi connectivity index (χ3v) is 4.78. The van der Waals surface area contributed by atoms with Crippen LogP contribution in [-0.2, 0) is 4.79 Å². The number of hydrogen-bond acceptors (Lipinski definition) is 2. The van der Waals surface area contributed by atoms with Crippen molar-refractivity contribution in [2.75, 3.05) is 6.54 Å². The Labute approximate surface area is 132 Å². The zero-order chi connectivity index (χ0) is 15.6. The molecule has 1 heterocycles. The van der Waals surface area contributed by atoms with Gasteiger partial charge < -0.3 is 10.6 Å². The van der Waals surface area contributed by atoms with Crippen LogP contribution in [0.3, 0.4) is 0 Å². The predicted octanol–water partition coefficient (Wildman–Crippen LogP) is 2.95. The molecule has 4 unspecified atom stereocenters. The minimum atomic E-state index is -0.513. The molecule has 3 nitrogen and oxygen atoms in total. The zero-order valence-electron chi connectivity index (χ0n) is 13.0. The van der Waals surface area contributed by atoms with E-state index in [9.17, 15) is 4.79 Å². The van der Waals surface area contributed by atoms with Crippen LogP contribution in [0.4, 0.5) is 0 Å². The van der Waals surface area contributed by atoms with E-state index in [1.807, 2.05) is 35.2 Å². The van der Waals surface area contributed by atoms with Gasteiger partial charge in [-0.2, -0.15) is 0 Å². The first kappa shape index (κ1) is 16.0. The third-order valence-electron chi connectivity index (χ3n) is 4.55. The Bertz CT molecular complexity index is 517. The normalized spacial score (nSPS) is 27.2. The number of nitrogens with two attached hydrogens (primary N) is 1. The molecule has 21 heavy (non-hydrogen) atoms. The average molecular weight is 304 g/mol. The van der Waals surface area contributed by atoms with Gasteiger partial charge in [-0.15, -0.1) is 0 Å². The highest BCUT2D eigenvalue weighted by atomic mass is 32.1. The van der Waals surface area contributed by atoms with Gasteiger partial charge in [-0.1, -0.05) is 56.4 Å². The topological polar surface area (TPSA) is 46.3 Å². The van der Waals surface area contributed by atoms with Gasteiger partial charge in [-0.25, -0.2) is 0 Å². The molecule has 2 N–H and O–H groups in total. The number of piperidine rings is 1. The maximum Gasteiger partial charge on any atom is 0.237 e. The van der Waals surface area contributed by atoms with Crippen LogP contribution >= 0.6 is 12.2 Å². The number of amides is 1. The van der Waals surface area contributed by atoms with Crippen molar-refractivity contribution in [3.05, 3.63) is 35.9 Å². The van der Waals surface area contributed by atoms with E-state index in [1.54, 1.807) is 0 Å². The maximum atomic E-state index is 13.0. The van der Waals surface area contributed by atoms with Crippen molar-refractivity contribution in [3.8, 4) is 0 Å². The van der Waals surface area contributed by atoms with Crippen LogP contribution in [0.2, 0.25) is 0 Å². The Morgan fingerprint density at radius 2 is 1.90 bits per heavy atom. The molecule has 0 bridgehead atoms. The number of hydrogen-bond donors (Lipinski definition) is 1. The first-order valence-electron chi connectivity index (χ1n) is 7.56. The van der Waals surface area contributed by atoms with Crippen molar-refractivity contribution in [2.24, 2.45) is 17.6 Å². The maximum absolute atomic E-state index is 13.0. The average Bonchev–Trinajstić information content (AvgIpc) is 2.43. The second-order valence-electron chi connectivity index (χ2n) is 6.30. The lowest BCUT2D eigenvalue weighted by Crippen LogP contribution is -2.51. The zero-order valence-corrected chi connectivity index (χ0v) is 13.8. The monoisotopic (exact) mass is 304 g/mol. The number of carbonyl (C=O) groups excluding carboxylic acids is 1. The summed E-state index contributed by atoms with van der Waals surface area (Å²) in [7, 11) is 0. The molecule has 0 radical (unpaired) electrons. The molecular formula is C17H24N2OS. The molecule has 1 aromatic carbocycles. The minimum absolute atomic E-state index is 0.0413. The molecule has 1 aliphatic rings. The number of carbonyl (C=O) groups is 1. The lowest BCUT2D eigenvalue weighted by Gasteiger charge is -2.42. The number of nitrogens with zero attached hydrogens (tertiary/aromatic N) is 1. The van der Waals surface area contributed by atoms with Crippen molar-refractivity contribution in [1.82, 2.24) is 4.90 Å². The summed E-state index contributed by atoms with van der Waals surface area (Å²) in [5.41, 5.74) is 6.76. The van der Waals surface area contributed by atoms with E-state index >= 15 is 0 Å². The molecule has 1 aromatic rings. The predicted molar refractivity (Wildman–Crippen MR) is 90.1 cm³/mol. The molecular weight excluding hydrogens is 280 g/mol. The highest BCUT2D eigenvalue weighted by Gasteiger charge is 2.36. The lowest BCUT2D eigenvalue weighted by molar-refractivity contribution is -0.137. The van der Waals surface area contributed by atoms with E-state index in [0.717, 1.165) is 18.5 Å². The summed E-state index contributed by atoms with van der Waals surface area (Å²) in [5.74, 6) is 0.545. The molecule has 1 aliphatic heterocycles. The van der Waals surface area contributed by atoms with Crippen LogP contribution in [-0.4, -0.2) is 28.4 Å². The Morgan fingerprint density at radius 3 is 2.48 bits per heavy atom. The smallest absolute Gasteiger partial charge is 0.237 e. The van der Waals surface area contributed by atoms with Crippen LogP contribution < -0.4 is 5.73 Å². The summed E-state index contributed by atoms with van der Waals surface area (Å²) in [4.78, 5) is 15.2. The molecule has 114 valence electrons. The summed E-state index contributed by atoms with van der Waals surface area (Å²) in [6.07, 6.45) is 1.16. The molecule has 0 spiro atoms. The molecule has 2 rings (SSSR count). The standard InChI is InChI=1S/C17H24N2OS/c1-11-9-12(2)13(3)19(10-11)17(20)15(16(18)21)14-7-5-4-6-8-14/h4-8,11-13,15H,9-10H2,1-3H3,(H2,18,21). The quantitative estimate of drug-likeness (QED) is 0.873. The number of rotatable bonds is 3. The van der Waals surface area contributed by atoms with Crippen LogP contribution in [0.25, 0.3) is 0 Å².